The molecule has 0 bridgehead atoms. The fourth-order valence-electron chi connectivity index (χ4n) is 2.81. The van der Waals surface area contributed by atoms with Crippen LogP contribution in [-0.4, -0.2) is 29.0 Å². The number of thioether (sulfide) groups is 1. The van der Waals surface area contributed by atoms with Crippen molar-refractivity contribution in [1.29, 1.82) is 0 Å². The highest BCUT2D eigenvalue weighted by Gasteiger charge is 2.16. The minimum atomic E-state index is -0.254. The fourth-order valence-corrected chi connectivity index (χ4v) is 3.95. The van der Waals surface area contributed by atoms with Gasteiger partial charge in [-0.05, 0) is 56.7 Å². The number of hydrogen-bond donors (Lipinski definition) is 2. The molecular weight excluding hydrogens is 388 g/mol. The predicted molar refractivity (Wildman–Crippen MR) is 112 cm³/mol. The molecule has 2 amide bonds. The average molecular weight is 410 g/mol. The van der Waals surface area contributed by atoms with Crippen molar-refractivity contribution in [2.24, 2.45) is 0 Å². The number of carbonyl (C=O) groups excluding carboxylic acids is 2. The Kier molecular flexibility index (Phi) is 6.33. The van der Waals surface area contributed by atoms with Crippen LogP contribution in [0.25, 0.3) is 0 Å². The summed E-state index contributed by atoms with van der Waals surface area (Å²) in [6, 6.07) is 8.62. The van der Waals surface area contributed by atoms with E-state index in [1.807, 2.05) is 20.8 Å². The van der Waals surface area contributed by atoms with E-state index in [-0.39, 0.29) is 11.8 Å². The van der Waals surface area contributed by atoms with Gasteiger partial charge < -0.3 is 15.2 Å². The molecule has 8 heteroatoms. The Morgan fingerprint density at radius 2 is 1.93 bits per heavy atom. The molecular formula is C21H22N4O3S. The molecule has 2 heterocycles. The third-order valence-electron chi connectivity index (χ3n) is 4.51. The van der Waals surface area contributed by atoms with Crippen LogP contribution in [0, 0.1) is 20.8 Å². The maximum atomic E-state index is 12.9. The molecule has 0 aliphatic carbocycles. The van der Waals surface area contributed by atoms with E-state index in [1.54, 1.807) is 43.6 Å². The van der Waals surface area contributed by atoms with Crippen molar-refractivity contribution >= 4 is 29.3 Å². The lowest BCUT2D eigenvalue weighted by atomic mass is 10.1. The van der Waals surface area contributed by atoms with Gasteiger partial charge in [-0.3, -0.25) is 9.59 Å². The van der Waals surface area contributed by atoms with Crippen molar-refractivity contribution < 1.29 is 14.1 Å². The number of aryl methyl sites for hydroxylation is 3. The van der Waals surface area contributed by atoms with Crippen LogP contribution in [0.2, 0.25) is 0 Å². The first kappa shape index (κ1) is 20.6. The first-order valence-electron chi connectivity index (χ1n) is 9.04. The zero-order chi connectivity index (χ0) is 21.0. The van der Waals surface area contributed by atoms with Crippen LogP contribution >= 0.6 is 11.8 Å². The Balaban J connectivity index is 1.77. The standard InChI is InChI=1S/C21H22N4O3S/c1-12-10-15(19(26)22-4)7-8-18(12)24-20(27)16-6-5-9-23-21(16)29-11-17-13(2)25-28-14(17)3/h5-10H,11H2,1-4H3,(H,22,26)(H,24,27). The molecule has 3 rings (SSSR count). The van der Waals surface area contributed by atoms with E-state index in [9.17, 15) is 9.59 Å². The van der Waals surface area contributed by atoms with Crippen molar-refractivity contribution in [3.05, 3.63) is 70.2 Å². The van der Waals surface area contributed by atoms with E-state index in [1.165, 1.54) is 11.8 Å². The molecule has 2 N–H and O–H groups in total. The Hall–Kier alpha value is -3.13. The van der Waals surface area contributed by atoms with Crippen molar-refractivity contribution in [1.82, 2.24) is 15.5 Å². The van der Waals surface area contributed by atoms with Crippen LogP contribution < -0.4 is 10.6 Å². The van der Waals surface area contributed by atoms with Crippen LogP contribution in [0.15, 0.2) is 46.1 Å². The first-order chi connectivity index (χ1) is 13.9. The van der Waals surface area contributed by atoms with E-state index >= 15 is 0 Å². The third kappa shape index (κ3) is 4.65. The number of amides is 2. The van der Waals surface area contributed by atoms with Gasteiger partial charge in [0, 0.05) is 35.8 Å². The highest BCUT2D eigenvalue weighted by Crippen LogP contribution is 2.28. The molecule has 3 aromatic rings. The molecule has 0 saturated heterocycles. The topological polar surface area (TPSA) is 97.1 Å². The number of aromatic nitrogens is 2. The van der Waals surface area contributed by atoms with Gasteiger partial charge in [0.2, 0.25) is 0 Å². The second kappa shape index (κ2) is 8.91. The second-order valence-electron chi connectivity index (χ2n) is 6.51. The van der Waals surface area contributed by atoms with Crippen molar-refractivity contribution in [2.45, 2.75) is 31.6 Å². The van der Waals surface area contributed by atoms with Gasteiger partial charge in [-0.1, -0.05) is 5.16 Å². The number of nitrogens with zero attached hydrogens (tertiary/aromatic N) is 2. The smallest absolute Gasteiger partial charge is 0.258 e. The molecule has 0 radical (unpaired) electrons. The number of anilines is 1. The Morgan fingerprint density at radius 1 is 1.14 bits per heavy atom. The number of benzene rings is 1. The number of hydrogen-bond acceptors (Lipinski definition) is 6. The zero-order valence-electron chi connectivity index (χ0n) is 16.7. The van der Waals surface area contributed by atoms with E-state index < -0.39 is 0 Å². The maximum absolute atomic E-state index is 12.9. The molecule has 29 heavy (non-hydrogen) atoms. The fraction of sp³-hybridized carbons (Fsp3) is 0.238. The molecule has 1 aromatic carbocycles. The van der Waals surface area contributed by atoms with E-state index in [0.29, 0.717) is 27.6 Å². The summed E-state index contributed by atoms with van der Waals surface area (Å²) >= 11 is 1.46. The predicted octanol–water partition coefficient (Wildman–Crippen LogP) is 3.90. The lowest BCUT2D eigenvalue weighted by Crippen LogP contribution is -2.18. The second-order valence-corrected chi connectivity index (χ2v) is 7.47. The molecule has 0 atom stereocenters. The first-order valence-corrected chi connectivity index (χ1v) is 10.0. The van der Waals surface area contributed by atoms with E-state index in [2.05, 4.69) is 20.8 Å². The highest BCUT2D eigenvalue weighted by molar-refractivity contribution is 7.98. The Morgan fingerprint density at radius 3 is 2.59 bits per heavy atom. The number of carbonyl (C=O) groups is 2. The van der Waals surface area contributed by atoms with E-state index in [0.717, 1.165) is 22.6 Å². The van der Waals surface area contributed by atoms with Gasteiger partial charge in [0.1, 0.15) is 10.8 Å². The molecule has 0 aliphatic rings. The average Bonchev–Trinajstić information content (AvgIpc) is 3.04. The van der Waals surface area contributed by atoms with Crippen molar-refractivity contribution in [3.63, 3.8) is 0 Å². The molecule has 7 nitrogen and oxygen atoms in total. The van der Waals surface area contributed by atoms with Crippen LogP contribution in [0.3, 0.4) is 0 Å². The molecule has 0 unspecified atom stereocenters. The van der Waals surface area contributed by atoms with E-state index in [4.69, 9.17) is 4.52 Å². The zero-order valence-corrected chi connectivity index (χ0v) is 17.5. The van der Waals surface area contributed by atoms with Crippen LogP contribution in [0.4, 0.5) is 5.69 Å². The quantitative estimate of drug-likeness (QED) is 0.598. The number of rotatable bonds is 6. The molecule has 0 fully saturated rings. The summed E-state index contributed by atoms with van der Waals surface area (Å²) in [5.41, 5.74) is 4.32. The molecule has 0 aliphatic heterocycles. The number of nitrogens with one attached hydrogen (secondary N) is 2. The summed E-state index contributed by atoms with van der Waals surface area (Å²) in [6.45, 7) is 5.61. The highest BCUT2D eigenvalue weighted by atomic mass is 32.2. The van der Waals surface area contributed by atoms with Crippen molar-refractivity contribution in [3.8, 4) is 0 Å². The Bertz CT molecular complexity index is 1040. The monoisotopic (exact) mass is 410 g/mol. The van der Waals surface area contributed by atoms with Gasteiger partial charge >= 0.3 is 0 Å². The Labute approximate surface area is 173 Å². The lowest BCUT2D eigenvalue weighted by Gasteiger charge is -2.12. The van der Waals surface area contributed by atoms with Gasteiger partial charge in [-0.15, -0.1) is 11.8 Å². The summed E-state index contributed by atoms with van der Waals surface area (Å²) in [7, 11) is 1.58. The van der Waals surface area contributed by atoms with Gasteiger partial charge in [0.05, 0.1) is 11.3 Å². The lowest BCUT2D eigenvalue weighted by molar-refractivity contribution is 0.0962. The molecule has 0 saturated carbocycles. The summed E-state index contributed by atoms with van der Waals surface area (Å²) in [5, 5.41) is 10.1. The van der Waals surface area contributed by atoms with Gasteiger partial charge in [-0.2, -0.15) is 0 Å². The van der Waals surface area contributed by atoms with Crippen LogP contribution in [0.1, 0.15) is 43.3 Å². The van der Waals surface area contributed by atoms with Gasteiger partial charge in [0.15, 0.2) is 0 Å². The van der Waals surface area contributed by atoms with Gasteiger partial charge in [0.25, 0.3) is 11.8 Å². The van der Waals surface area contributed by atoms with Crippen LogP contribution in [-0.2, 0) is 5.75 Å². The molecule has 150 valence electrons. The van der Waals surface area contributed by atoms with Gasteiger partial charge in [-0.25, -0.2) is 4.98 Å². The molecule has 2 aromatic heterocycles. The summed E-state index contributed by atoms with van der Waals surface area (Å²) in [5.74, 6) is 0.952. The maximum Gasteiger partial charge on any atom is 0.258 e. The summed E-state index contributed by atoms with van der Waals surface area (Å²) < 4.78 is 5.20. The molecule has 0 spiro atoms. The third-order valence-corrected chi connectivity index (χ3v) is 5.55. The number of pyridine rings is 1. The summed E-state index contributed by atoms with van der Waals surface area (Å²) in [6.07, 6.45) is 1.66. The summed E-state index contributed by atoms with van der Waals surface area (Å²) in [4.78, 5) is 29.0. The normalized spacial score (nSPS) is 10.6. The minimum absolute atomic E-state index is 0.170. The SMILES string of the molecule is CNC(=O)c1ccc(NC(=O)c2cccnc2SCc2c(C)noc2C)c(C)c1. The largest absolute Gasteiger partial charge is 0.361 e. The van der Waals surface area contributed by atoms with Crippen LogP contribution in [0.5, 0.6) is 0 Å². The van der Waals surface area contributed by atoms with Crippen molar-refractivity contribution in [2.75, 3.05) is 12.4 Å². The minimum Gasteiger partial charge on any atom is -0.361 e.